The molecule has 1 aliphatic carbocycles. The van der Waals surface area contributed by atoms with Crippen LogP contribution >= 0.6 is 11.3 Å². The molecule has 1 aromatic heterocycles. The van der Waals surface area contributed by atoms with Gasteiger partial charge < -0.3 is 9.47 Å². The number of nitrogens with one attached hydrogen (secondary N) is 1. The molecule has 0 bridgehead atoms. The van der Waals surface area contributed by atoms with Gasteiger partial charge in [0, 0.05) is 15.8 Å². The zero-order valence-corrected chi connectivity index (χ0v) is 15.2. The summed E-state index contributed by atoms with van der Waals surface area (Å²) in [6, 6.07) is 6.34. The molecule has 26 heavy (non-hydrogen) atoms. The van der Waals surface area contributed by atoms with Crippen LogP contribution in [0.2, 0.25) is 0 Å². The Balaban J connectivity index is 1.52. The molecule has 0 spiro atoms. The van der Waals surface area contributed by atoms with E-state index in [1.807, 2.05) is 0 Å². The van der Waals surface area contributed by atoms with E-state index < -0.39 is 24.4 Å². The predicted octanol–water partition coefficient (Wildman–Crippen LogP) is 2.75. The third-order valence-electron chi connectivity index (χ3n) is 4.22. The van der Waals surface area contributed by atoms with Crippen molar-refractivity contribution in [1.82, 2.24) is 5.32 Å². The van der Waals surface area contributed by atoms with Crippen LogP contribution in [-0.4, -0.2) is 31.5 Å². The second-order valence-corrected chi connectivity index (χ2v) is 6.90. The first-order chi connectivity index (χ1) is 12.6. The quantitative estimate of drug-likeness (QED) is 0.815. The second-order valence-electron chi connectivity index (χ2n) is 5.94. The van der Waals surface area contributed by atoms with Gasteiger partial charge >= 0.3 is 5.97 Å². The van der Waals surface area contributed by atoms with E-state index in [0.29, 0.717) is 16.9 Å². The number of imide groups is 1. The van der Waals surface area contributed by atoms with Crippen molar-refractivity contribution < 1.29 is 23.9 Å². The molecule has 136 valence electrons. The van der Waals surface area contributed by atoms with Crippen LogP contribution in [0.4, 0.5) is 0 Å². The number of ether oxygens (including phenoxy) is 2. The Morgan fingerprint density at radius 3 is 2.58 bits per heavy atom. The lowest BCUT2D eigenvalue weighted by Gasteiger charge is -2.12. The minimum atomic E-state index is -0.664. The molecule has 0 atom stereocenters. The van der Waals surface area contributed by atoms with Crippen molar-refractivity contribution in [3.63, 3.8) is 0 Å². The lowest BCUT2D eigenvalue weighted by Crippen LogP contribution is -2.34. The summed E-state index contributed by atoms with van der Waals surface area (Å²) in [5.41, 5.74) is 1.90. The molecular weight excluding hydrogens is 354 g/mol. The molecule has 0 saturated carbocycles. The van der Waals surface area contributed by atoms with Crippen LogP contribution in [0.1, 0.15) is 44.0 Å². The van der Waals surface area contributed by atoms with Crippen LogP contribution in [0.15, 0.2) is 29.6 Å². The highest BCUT2D eigenvalue weighted by molar-refractivity contribution is 7.10. The van der Waals surface area contributed by atoms with Crippen molar-refractivity contribution in [2.24, 2.45) is 0 Å². The number of hydrogen-bond donors (Lipinski definition) is 1. The number of esters is 1. The summed E-state index contributed by atoms with van der Waals surface area (Å²) in [5, 5.41) is 3.99. The fourth-order valence-electron chi connectivity index (χ4n) is 2.85. The molecule has 7 heteroatoms. The van der Waals surface area contributed by atoms with Gasteiger partial charge in [-0.15, -0.1) is 11.3 Å². The van der Waals surface area contributed by atoms with Gasteiger partial charge in [-0.3, -0.25) is 14.9 Å². The summed E-state index contributed by atoms with van der Waals surface area (Å²) >= 11 is 1.56. The molecule has 3 rings (SSSR count). The lowest BCUT2D eigenvalue weighted by atomic mass is 9.96. The number of aryl methyl sites for hydroxylation is 1. The molecule has 0 fully saturated rings. The first-order valence-corrected chi connectivity index (χ1v) is 9.21. The van der Waals surface area contributed by atoms with Crippen molar-refractivity contribution in [3.8, 4) is 5.75 Å². The summed E-state index contributed by atoms with van der Waals surface area (Å²) in [7, 11) is 1.53. The Labute approximate surface area is 155 Å². The van der Waals surface area contributed by atoms with Crippen molar-refractivity contribution in [2.45, 2.75) is 25.7 Å². The van der Waals surface area contributed by atoms with E-state index in [4.69, 9.17) is 9.47 Å². The van der Waals surface area contributed by atoms with Crippen LogP contribution in [0.25, 0.3) is 0 Å². The summed E-state index contributed by atoms with van der Waals surface area (Å²) < 4.78 is 10.1. The molecule has 2 amide bonds. The van der Waals surface area contributed by atoms with Gasteiger partial charge in [0.2, 0.25) is 0 Å². The van der Waals surface area contributed by atoms with Crippen LogP contribution in [0.3, 0.4) is 0 Å². The minimum absolute atomic E-state index is 0.317. The lowest BCUT2D eigenvalue weighted by molar-refractivity contribution is -0.123. The van der Waals surface area contributed by atoms with Gasteiger partial charge in [-0.1, -0.05) is 0 Å². The Hall–Kier alpha value is -2.67. The zero-order valence-electron chi connectivity index (χ0n) is 14.4. The van der Waals surface area contributed by atoms with Crippen molar-refractivity contribution in [1.29, 1.82) is 0 Å². The van der Waals surface area contributed by atoms with Crippen LogP contribution in [-0.2, 0) is 22.4 Å². The maximum atomic E-state index is 12.2. The van der Waals surface area contributed by atoms with Crippen molar-refractivity contribution in [3.05, 3.63) is 51.2 Å². The number of methoxy groups -OCH3 is 1. The molecular formula is C19H19NO5S. The van der Waals surface area contributed by atoms with Gasteiger partial charge in [-0.2, -0.15) is 0 Å². The van der Waals surface area contributed by atoms with E-state index in [1.54, 1.807) is 41.0 Å². The standard InChI is InChI=1S/C19H19NO5S/c1-24-13-8-6-12(7-9-13)18(22)20-17(21)10-25-19(23)15-11-26-16-5-3-2-4-14(15)16/h6-9,11H,2-5,10H2,1H3,(H,20,21,22). The topological polar surface area (TPSA) is 81.7 Å². The summed E-state index contributed by atoms with van der Waals surface area (Å²) in [4.78, 5) is 37.3. The third kappa shape index (κ3) is 4.11. The monoisotopic (exact) mass is 373 g/mol. The third-order valence-corrected chi connectivity index (χ3v) is 5.31. The van der Waals surface area contributed by atoms with Gasteiger partial charge in [0.1, 0.15) is 5.75 Å². The summed E-state index contributed by atoms with van der Waals surface area (Å²) in [6.07, 6.45) is 4.05. The van der Waals surface area contributed by atoms with E-state index in [2.05, 4.69) is 5.32 Å². The fourth-order valence-corrected chi connectivity index (χ4v) is 3.97. The average Bonchev–Trinajstić information content (AvgIpc) is 3.10. The molecule has 0 aliphatic heterocycles. The van der Waals surface area contributed by atoms with E-state index in [0.717, 1.165) is 31.2 Å². The van der Waals surface area contributed by atoms with Gasteiger partial charge in [0.05, 0.1) is 12.7 Å². The highest BCUT2D eigenvalue weighted by Gasteiger charge is 2.22. The molecule has 1 aromatic carbocycles. The zero-order chi connectivity index (χ0) is 18.5. The Kier molecular flexibility index (Phi) is 5.68. The summed E-state index contributed by atoms with van der Waals surface area (Å²) in [6.45, 7) is -0.495. The normalized spacial score (nSPS) is 12.8. The van der Waals surface area contributed by atoms with E-state index in [1.165, 1.54) is 12.0 Å². The molecule has 0 radical (unpaired) electrons. The molecule has 0 unspecified atom stereocenters. The van der Waals surface area contributed by atoms with Gasteiger partial charge in [0.25, 0.3) is 11.8 Å². The SMILES string of the molecule is COc1ccc(C(=O)NC(=O)COC(=O)c2csc3c2CCCC3)cc1. The number of rotatable bonds is 5. The highest BCUT2D eigenvalue weighted by atomic mass is 32.1. The average molecular weight is 373 g/mol. The van der Waals surface area contributed by atoms with E-state index in [9.17, 15) is 14.4 Å². The van der Waals surface area contributed by atoms with Gasteiger partial charge in [-0.25, -0.2) is 4.79 Å². The fraction of sp³-hybridized carbons (Fsp3) is 0.316. The molecule has 1 aliphatic rings. The largest absolute Gasteiger partial charge is 0.497 e. The van der Waals surface area contributed by atoms with Crippen LogP contribution in [0.5, 0.6) is 5.75 Å². The van der Waals surface area contributed by atoms with Crippen LogP contribution in [0, 0.1) is 0 Å². The Morgan fingerprint density at radius 1 is 1.12 bits per heavy atom. The minimum Gasteiger partial charge on any atom is -0.497 e. The van der Waals surface area contributed by atoms with Crippen molar-refractivity contribution in [2.75, 3.05) is 13.7 Å². The molecule has 1 N–H and O–H groups in total. The number of benzene rings is 1. The van der Waals surface area contributed by atoms with E-state index >= 15 is 0 Å². The van der Waals surface area contributed by atoms with Gasteiger partial charge in [0.15, 0.2) is 6.61 Å². The Bertz CT molecular complexity index is 825. The molecule has 0 saturated heterocycles. The molecule has 6 nitrogen and oxygen atoms in total. The van der Waals surface area contributed by atoms with E-state index in [-0.39, 0.29) is 0 Å². The van der Waals surface area contributed by atoms with Crippen molar-refractivity contribution >= 4 is 29.1 Å². The maximum absolute atomic E-state index is 12.2. The summed E-state index contributed by atoms with van der Waals surface area (Å²) in [5.74, 6) is -1.12. The number of thiophene rings is 1. The number of carbonyl (C=O) groups excluding carboxylic acids is 3. The predicted molar refractivity (Wildman–Crippen MR) is 96.7 cm³/mol. The number of fused-ring (bicyclic) bond motifs is 1. The van der Waals surface area contributed by atoms with Gasteiger partial charge in [-0.05, 0) is 55.5 Å². The number of carbonyl (C=O) groups is 3. The number of hydrogen-bond acceptors (Lipinski definition) is 6. The molecule has 2 aromatic rings. The number of amides is 2. The smallest absolute Gasteiger partial charge is 0.339 e. The molecule has 1 heterocycles. The Morgan fingerprint density at radius 2 is 1.85 bits per heavy atom. The first kappa shape index (κ1) is 18.1. The maximum Gasteiger partial charge on any atom is 0.339 e. The first-order valence-electron chi connectivity index (χ1n) is 8.33. The highest BCUT2D eigenvalue weighted by Crippen LogP contribution is 2.30. The second kappa shape index (κ2) is 8.14. The van der Waals surface area contributed by atoms with Crippen LogP contribution < -0.4 is 10.1 Å².